The third-order valence-electron chi connectivity index (χ3n) is 4.37. The van der Waals surface area contributed by atoms with Crippen molar-refractivity contribution in [2.24, 2.45) is 0 Å². The maximum Gasteiger partial charge on any atom is 0.225 e. The molecule has 3 aromatic heterocycles. The van der Waals surface area contributed by atoms with Crippen molar-refractivity contribution in [1.29, 1.82) is 0 Å². The summed E-state index contributed by atoms with van der Waals surface area (Å²) >= 11 is 3.03. The predicted molar refractivity (Wildman–Crippen MR) is 118 cm³/mol. The van der Waals surface area contributed by atoms with Crippen LogP contribution >= 0.6 is 23.1 Å². The van der Waals surface area contributed by atoms with E-state index in [2.05, 4.69) is 15.4 Å². The van der Waals surface area contributed by atoms with Gasteiger partial charge in [-0.2, -0.15) is 16.9 Å². The normalized spacial score (nSPS) is 10.9. The van der Waals surface area contributed by atoms with Crippen molar-refractivity contribution in [1.82, 2.24) is 14.6 Å². The van der Waals surface area contributed by atoms with Crippen LogP contribution in [0.5, 0.6) is 0 Å². The molecule has 4 rings (SSSR count). The van der Waals surface area contributed by atoms with Gasteiger partial charge >= 0.3 is 0 Å². The number of thioether (sulfide) groups is 1. The van der Waals surface area contributed by atoms with Crippen LogP contribution in [-0.2, 0) is 4.79 Å². The van der Waals surface area contributed by atoms with Crippen LogP contribution in [0.4, 0.5) is 5.69 Å². The van der Waals surface area contributed by atoms with E-state index in [1.165, 1.54) is 11.3 Å². The van der Waals surface area contributed by atoms with Crippen molar-refractivity contribution in [3.63, 3.8) is 0 Å². The third-order valence-corrected chi connectivity index (χ3v) is 5.85. The number of rotatable bonds is 7. The van der Waals surface area contributed by atoms with Gasteiger partial charge in [0.05, 0.1) is 22.3 Å². The monoisotopic (exact) mass is 422 g/mol. The number of aromatic nitrogens is 3. The molecule has 0 aliphatic rings. The number of hydrogen-bond acceptors (Lipinski definition) is 6. The van der Waals surface area contributed by atoms with Crippen molar-refractivity contribution < 1.29 is 9.59 Å². The number of ketones is 1. The summed E-state index contributed by atoms with van der Waals surface area (Å²) < 4.78 is 1.66. The summed E-state index contributed by atoms with van der Waals surface area (Å²) in [6, 6.07) is 13.1. The summed E-state index contributed by atoms with van der Waals surface area (Å²) in [7, 11) is 0. The molecule has 8 heteroatoms. The van der Waals surface area contributed by atoms with E-state index < -0.39 is 0 Å². The van der Waals surface area contributed by atoms with Gasteiger partial charge in [0.25, 0.3) is 0 Å². The fraction of sp³-hybridized carbons (Fsp3) is 0.143. The van der Waals surface area contributed by atoms with Crippen LogP contribution in [0, 0.1) is 0 Å². The van der Waals surface area contributed by atoms with Crippen LogP contribution in [0.15, 0.2) is 60.2 Å². The SMILES string of the molecule is CSCCC(=O)Nc1cccc(-c2ccnc3c(C(=O)c4cccs4)cnn23)c1. The Kier molecular flexibility index (Phi) is 5.73. The van der Waals surface area contributed by atoms with E-state index in [-0.39, 0.29) is 11.7 Å². The van der Waals surface area contributed by atoms with E-state index in [9.17, 15) is 9.59 Å². The Balaban J connectivity index is 1.67. The molecule has 0 bridgehead atoms. The first-order chi connectivity index (χ1) is 14.2. The van der Waals surface area contributed by atoms with Crippen molar-refractivity contribution in [2.45, 2.75) is 6.42 Å². The Labute approximate surface area is 176 Å². The molecule has 29 heavy (non-hydrogen) atoms. The minimum absolute atomic E-state index is 0.0145. The molecule has 0 aliphatic carbocycles. The van der Waals surface area contributed by atoms with E-state index in [0.29, 0.717) is 22.5 Å². The van der Waals surface area contributed by atoms with E-state index in [1.54, 1.807) is 34.7 Å². The molecule has 1 aromatic carbocycles. The van der Waals surface area contributed by atoms with Crippen molar-refractivity contribution in [2.75, 3.05) is 17.3 Å². The zero-order chi connectivity index (χ0) is 20.2. The van der Waals surface area contributed by atoms with Crippen LogP contribution in [-0.4, -0.2) is 38.3 Å². The zero-order valence-electron chi connectivity index (χ0n) is 15.7. The van der Waals surface area contributed by atoms with Gasteiger partial charge in [-0.25, -0.2) is 9.50 Å². The molecule has 0 saturated heterocycles. The van der Waals surface area contributed by atoms with Gasteiger partial charge in [0.15, 0.2) is 5.65 Å². The lowest BCUT2D eigenvalue weighted by molar-refractivity contribution is -0.115. The van der Waals surface area contributed by atoms with Crippen LogP contribution in [0.3, 0.4) is 0 Å². The summed E-state index contributed by atoms with van der Waals surface area (Å²) in [6.45, 7) is 0. The zero-order valence-corrected chi connectivity index (χ0v) is 17.3. The number of carbonyl (C=O) groups is 2. The molecule has 3 heterocycles. The van der Waals surface area contributed by atoms with Crippen molar-refractivity contribution in [3.05, 3.63) is 70.7 Å². The van der Waals surface area contributed by atoms with Crippen molar-refractivity contribution in [3.8, 4) is 11.3 Å². The van der Waals surface area contributed by atoms with Gasteiger partial charge in [0.1, 0.15) is 0 Å². The van der Waals surface area contributed by atoms with Crippen LogP contribution < -0.4 is 5.32 Å². The number of anilines is 1. The topological polar surface area (TPSA) is 76.4 Å². The summed E-state index contributed by atoms with van der Waals surface area (Å²) in [4.78, 5) is 29.8. The maximum absolute atomic E-state index is 12.8. The van der Waals surface area contributed by atoms with Gasteiger partial charge in [0, 0.05) is 29.6 Å². The molecule has 0 unspecified atom stereocenters. The largest absolute Gasteiger partial charge is 0.326 e. The lowest BCUT2D eigenvalue weighted by Gasteiger charge is -2.09. The average molecular weight is 423 g/mol. The minimum atomic E-state index is -0.0885. The highest BCUT2D eigenvalue weighted by Crippen LogP contribution is 2.25. The quantitative estimate of drug-likeness (QED) is 0.447. The Morgan fingerprint density at radius 1 is 1.21 bits per heavy atom. The van der Waals surface area contributed by atoms with Gasteiger partial charge in [-0.3, -0.25) is 9.59 Å². The first-order valence-electron chi connectivity index (χ1n) is 8.97. The lowest BCUT2D eigenvalue weighted by atomic mass is 10.1. The number of fused-ring (bicyclic) bond motifs is 1. The molecule has 0 saturated carbocycles. The van der Waals surface area contributed by atoms with E-state index >= 15 is 0 Å². The van der Waals surface area contributed by atoms with Gasteiger partial charge in [-0.1, -0.05) is 18.2 Å². The summed E-state index contributed by atoms with van der Waals surface area (Å²) in [5, 5.41) is 9.20. The number of hydrogen-bond donors (Lipinski definition) is 1. The van der Waals surface area contributed by atoms with E-state index in [1.807, 2.05) is 48.0 Å². The molecule has 6 nitrogen and oxygen atoms in total. The van der Waals surface area contributed by atoms with E-state index in [4.69, 9.17) is 0 Å². The fourth-order valence-corrected chi connectivity index (χ4v) is 4.05. The molecule has 0 radical (unpaired) electrons. The van der Waals surface area contributed by atoms with Crippen LogP contribution in [0.25, 0.3) is 16.9 Å². The summed E-state index contributed by atoms with van der Waals surface area (Å²) in [6.07, 6.45) is 5.67. The number of amides is 1. The lowest BCUT2D eigenvalue weighted by Crippen LogP contribution is -2.12. The first kappa shape index (κ1) is 19.4. The number of nitrogens with zero attached hydrogens (tertiary/aromatic N) is 3. The van der Waals surface area contributed by atoms with Crippen LogP contribution in [0.1, 0.15) is 21.7 Å². The van der Waals surface area contributed by atoms with Crippen molar-refractivity contribution >= 4 is 46.1 Å². The molecule has 0 atom stereocenters. The second-order valence-electron chi connectivity index (χ2n) is 6.30. The smallest absolute Gasteiger partial charge is 0.225 e. The Morgan fingerprint density at radius 3 is 2.90 bits per heavy atom. The number of benzene rings is 1. The molecule has 0 fully saturated rings. The summed E-state index contributed by atoms with van der Waals surface area (Å²) in [5.74, 6) is 0.680. The number of carbonyl (C=O) groups excluding carboxylic acids is 2. The third kappa shape index (κ3) is 4.08. The summed E-state index contributed by atoms with van der Waals surface area (Å²) in [5.41, 5.74) is 3.37. The molecule has 1 amide bonds. The highest BCUT2D eigenvalue weighted by Gasteiger charge is 2.18. The highest BCUT2D eigenvalue weighted by atomic mass is 32.2. The van der Waals surface area contributed by atoms with Gasteiger partial charge in [0.2, 0.25) is 11.7 Å². The number of nitrogens with one attached hydrogen (secondary N) is 1. The molecule has 146 valence electrons. The minimum Gasteiger partial charge on any atom is -0.326 e. The Hall–Kier alpha value is -2.97. The second-order valence-corrected chi connectivity index (χ2v) is 8.24. The molecular formula is C21H18N4O2S2. The predicted octanol–water partition coefficient (Wildman–Crippen LogP) is 4.38. The molecule has 1 N–H and O–H groups in total. The van der Waals surface area contributed by atoms with E-state index in [0.717, 1.165) is 22.7 Å². The average Bonchev–Trinajstić information content (AvgIpc) is 3.42. The van der Waals surface area contributed by atoms with Gasteiger partial charge in [-0.05, 0) is 35.9 Å². The first-order valence-corrected chi connectivity index (χ1v) is 11.2. The van der Waals surface area contributed by atoms with Gasteiger partial charge in [-0.15, -0.1) is 11.3 Å². The van der Waals surface area contributed by atoms with Crippen LogP contribution in [0.2, 0.25) is 0 Å². The standard InChI is InChI=1S/C21H18N4O2S2/c1-28-11-8-19(26)24-15-5-2-4-14(12-15)17-7-9-22-21-16(13-23-25(17)21)20(27)18-6-3-10-29-18/h2-7,9-10,12-13H,8,11H2,1H3,(H,24,26). The second kappa shape index (κ2) is 8.59. The highest BCUT2D eigenvalue weighted by molar-refractivity contribution is 7.98. The number of thiophene rings is 1. The molecule has 4 aromatic rings. The molecule has 0 aliphatic heterocycles. The van der Waals surface area contributed by atoms with Gasteiger partial charge < -0.3 is 5.32 Å². The fourth-order valence-electron chi connectivity index (χ4n) is 2.99. The molecule has 0 spiro atoms. The molecular weight excluding hydrogens is 404 g/mol. The Bertz CT molecular complexity index is 1170. The maximum atomic E-state index is 12.8. The Morgan fingerprint density at radius 2 is 2.10 bits per heavy atom.